The highest BCUT2D eigenvalue weighted by Crippen LogP contribution is 2.35. The van der Waals surface area contributed by atoms with E-state index < -0.39 is 11.8 Å². The topological polar surface area (TPSA) is 85.8 Å². The lowest BCUT2D eigenvalue weighted by atomic mass is 10.1. The Labute approximate surface area is 188 Å². The van der Waals surface area contributed by atoms with Gasteiger partial charge in [-0.1, -0.05) is 12.1 Å². The normalized spacial score (nSPS) is 10.5. The number of ketones is 1. The zero-order valence-corrected chi connectivity index (χ0v) is 18.4. The van der Waals surface area contributed by atoms with E-state index in [0.29, 0.717) is 27.8 Å². The minimum atomic E-state index is -0.553. The molecule has 0 bridgehead atoms. The van der Waals surface area contributed by atoms with Crippen LogP contribution >= 0.6 is 11.3 Å². The third-order valence-electron chi connectivity index (χ3n) is 4.48. The van der Waals surface area contributed by atoms with Crippen LogP contribution in [0.2, 0.25) is 0 Å². The molecular formula is C23H21FN2O5S. The molecule has 0 aliphatic rings. The maximum Gasteiger partial charge on any atom is 0.306 e. The summed E-state index contributed by atoms with van der Waals surface area (Å²) in [5.41, 5.74) is 1.37. The van der Waals surface area contributed by atoms with Crippen molar-refractivity contribution < 1.29 is 28.2 Å². The van der Waals surface area contributed by atoms with Crippen LogP contribution in [0, 0.1) is 5.82 Å². The average molecular weight is 456 g/mol. The molecular weight excluding hydrogens is 435 g/mol. The lowest BCUT2D eigenvalue weighted by Gasteiger charge is -2.20. The van der Waals surface area contributed by atoms with Gasteiger partial charge in [-0.05, 0) is 36.4 Å². The number of Topliss-reactive ketones (excluding diaryl/α,β-unsaturated/α-hetero) is 1. The molecule has 0 saturated heterocycles. The van der Waals surface area contributed by atoms with Crippen molar-refractivity contribution in [2.75, 3.05) is 12.0 Å². The summed E-state index contributed by atoms with van der Waals surface area (Å²) in [6.07, 6.45) is -0.146. The zero-order chi connectivity index (χ0) is 23.1. The second-order valence-electron chi connectivity index (χ2n) is 6.74. The molecule has 0 aliphatic carbocycles. The number of para-hydroxylation sites is 2. The van der Waals surface area contributed by atoms with E-state index >= 15 is 0 Å². The molecule has 1 aromatic heterocycles. The second kappa shape index (κ2) is 10.6. The highest BCUT2D eigenvalue weighted by atomic mass is 32.1. The van der Waals surface area contributed by atoms with Crippen LogP contribution in [0.25, 0.3) is 0 Å². The van der Waals surface area contributed by atoms with Crippen LogP contribution in [0.15, 0.2) is 53.9 Å². The van der Waals surface area contributed by atoms with Gasteiger partial charge in [0.2, 0.25) is 5.91 Å². The molecule has 0 spiro atoms. The van der Waals surface area contributed by atoms with Crippen molar-refractivity contribution in [2.45, 2.75) is 26.4 Å². The van der Waals surface area contributed by atoms with E-state index in [1.54, 1.807) is 29.6 Å². The number of hydrogen-bond donors (Lipinski definition) is 0. The molecule has 0 atom stereocenters. The van der Waals surface area contributed by atoms with Gasteiger partial charge < -0.3 is 9.47 Å². The number of anilines is 2. The van der Waals surface area contributed by atoms with Crippen molar-refractivity contribution in [3.05, 3.63) is 71.0 Å². The van der Waals surface area contributed by atoms with Crippen molar-refractivity contribution in [1.29, 1.82) is 0 Å². The Morgan fingerprint density at radius 1 is 1.06 bits per heavy atom. The fourth-order valence-corrected chi connectivity index (χ4v) is 3.77. The number of amides is 1. The Balaban J connectivity index is 1.58. The number of thiazole rings is 1. The molecule has 0 fully saturated rings. The molecule has 0 saturated carbocycles. The number of benzene rings is 2. The molecule has 7 nitrogen and oxygen atoms in total. The second-order valence-corrected chi connectivity index (χ2v) is 7.58. The maximum absolute atomic E-state index is 12.9. The lowest BCUT2D eigenvalue weighted by molar-refractivity contribution is -0.145. The van der Waals surface area contributed by atoms with Gasteiger partial charge in [0.1, 0.15) is 18.2 Å². The van der Waals surface area contributed by atoms with Crippen LogP contribution in [0.1, 0.15) is 35.8 Å². The third-order valence-corrected chi connectivity index (χ3v) is 5.35. The maximum atomic E-state index is 12.9. The molecule has 166 valence electrons. The van der Waals surface area contributed by atoms with Gasteiger partial charge in [0.05, 0.1) is 24.9 Å². The number of carbonyl (C=O) groups excluding carboxylic acids is 3. The Bertz CT molecular complexity index is 1110. The molecule has 9 heteroatoms. The predicted octanol–water partition coefficient (Wildman–Crippen LogP) is 4.68. The Morgan fingerprint density at radius 2 is 1.78 bits per heavy atom. The summed E-state index contributed by atoms with van der Waals surface area (Å²) in [5, 5.41) is 2.11. The first-order valence-corrected chi connectivity index (χ1v) is 10.6. The fourth-order valence-electron chi connectivity index (χ4n) is 2.91. The quantitative estimate of drug-likeness (QED) is 0.343. The summed E-state index contributed by atoms with van der Waals surface area (Å²) in [5.74, 6) is -0.976. The minimum Gasteiger partial charge on any atom is -0.495 e. The zero-order valence-electron chi connectivity index (χ0n) is 17.5. The number of aromatic nitrogens is 1. The van der Waals surface area contributed by atoms with Gasteiger partial charge in [-0.15, -0.1) is 11.3 Å². The van der Waals surface area contributed by atoms with E-state index in [1.807, 2.05) is 0 Å². The van der Waals surface area contributed by atoms with E-state index in [9.17, 15) is 18.8 Å². The number of halogens is 1. The molecule has 0 unspecified atom stereocenters. The van der Waals surface area contributed by atoms with Gasteiger partial charge in [-0.3, -0.25) is 19.3 Å². The van der Waals surface area contributed by atoms with Gasteiger partial charge in [-0.2, -0.15) is 0 Å². The van der Waals surface area contributed by atoms with Gasteiger partial charge in [0.25, 0.3) is 0 Å². The standard InChI is InChI=1S/C23H21FN2O5S/c1-15(27)26(19-5-3-4-6-21(19)30-2)23-25-18(14-32-23)13-31-22(29)12-11-20(28)16-7-9-17(24)10-8-16/h3-10,14H,11-13H2,1-2H3. The van der Waals surface area contributed by atoms with E-state index in [2.05, 4.69) is 4.98 Å². The first-order chi connectivity index (χ1) is 15.4. The summed E-state index contributed by atoms with van der Waals surface area (Å²) in [6.45, 7) is 1.34. The van der Waals surface area contributed by atoms with Crippen molar-refractivity contribution in [3.63, 3.8) is 0 Å². The monoisotopic (exact) mass is 456 g/mol. The van der Waals surface area contributed by atoms with Crippen LogP contribution in [-0.2, 0) is 20.9 Å². The number of hydrogen-bond acceptors (Lipinski definition) is 7. The van der Waals surface area contributed by atoms with Crippen molar-refractivity contribution in [1.82, 2.24) is 4.98 Å². The molecule has 0 aliphatic heterocycles. The van der Waals surface area contributed by atoms with Crippen molar-refractivity contribution in [3.8, 4) is 5.75 Å². The van der Waals surface area contributed by atoms with E-state index in [0.717, 1.165) is 0 Å². The summed E-state index contributed by atoms with van der Waals surface area (Å²) < 4.78 is 23.5. The van der Waals surface area contributed by atoms with Crippen molar-refractivity contribution >= 4 is 39.8 Å². The Hall–Kier alpha value is -3.59. The van der Waals surface area contributed by atoms with Gasteiger partial charge >= 0.3 is 5.97 Å². The molecule has 32 heavy (non-hydrogen) atoms. The number of methoxy groups -OCH3 is 1. The first kappa shape index (κ1) is 23.1. The molecule has 0 radical (unpaired) electrons. The summed E-state index contributed by atoms with van der Waals surface area (Å²) in [7, 11) is 1.52. The van der Waals surface area contributed by atoms with Crippen LogP contribution in [0.4, 0.5) is 15.2 Å². The predicted molar refractivity (Wildman–Crippen MR) is 118 cm³/mol. The molecule has 3 aromatic rings. The SMILES string of the molecule is COc1ccccc1N(C(C)=O)c1nc(COC(=O)CCC(=O)c2ccc(F)cc2)cs1. The summed E-state index contributed by atoms with van der Waals surface area (Å²) in [6, 6.07) is 12.2. The molecule has 2 aromatic carbocycles. The molecule has 3 rings (SSSR count). The van der Waals surface area contributed by atoms with Crippen LogP contribution < -0.4 is 9.64 Å². The minimum absolute atomic E-state index is 0.0430. The van der Waals surface area contributed by atoms with E-state index in [4.69, 9.17) is 9.47 Å². The van der Waals surface area contributed by atoms with E-state index in [-0.39, 0.29) is 31.1 Å². The average Bonchev–Trinajstić information content (AvgIpc) is 3.25. The number of carbonyl (C=O) groups is 3. The molecule has 0 N–H and O–H groups in total. The summed E-state index contributed by atoms with van der Waals surface area (Å²) in [4.78, 5) is 42.2. The number of nitrogens with zero attached hydrogens (tertiary/aromatic N) is 2. The van der Waals surface area contributed by atoms with Gasteiger partial charge in [-0.25, -0.2) is 9.37 Å². The van der Waals surface area contributed by atoms with Crippen LogP contribution in [-0.4, -0.2) is 29.8 Å². The lowest BCUT2D eigenvalue weighted by Crippen LogP contribution is -2.23. The van der Waals surface area contributed by atoms with Gasteiger partial charge in [0, 0.05) is 24.3 Å². The van der Waals surface area contributed by atoms with Crippen LogP contribution in [0.5, 0.6) is 5.75 Å². The smallest absolute Gasteiger partial charge is 0.306 e. The Morgan fingerprint density at radius 3 is 2.47 bits per heavy atom. The summed E-state index contributed by atoms with van der Waals surface area (Å²) >= 11 is 1.23. The fraction of sp³-hybridized carbons (Fsp3) is 0.217. The third kappa shape index (κ3) is 5.76. The number of esters is 1. The highest BCUT2D eigenvalue weighted by molar-refractivity contribution is 7.14. The van der Waals surface area contributed by atoms with E-state index in [1.165, 1.54) is 54.5 Å². The number of rotatable bonds is 9. The highest BCUT2D eigenvalue weighted by Gasteiger charge is 2.21. The van der Waals surface area contributed by atoms with Crippen molar-refractivity contribution in [2.24, 2.45) is 0 Å². The molecule has 1 heterocycles. The molecule has 1 amide bonds. The largest absolute Gasteiger partial charge is 0.495 e. The Kier molecular flexibility index (Phi) is 7.67. The van der Waals surface area contributed by atoms with Gasteiger partial charge in [0.15, 0.2) is 10.9 Å². The number of ether oxygens (including phenoxy) is 2. The first-order valence-electron chi connectivity index (χ1n) is 9.71. The van der Waals surface area contributed by atoms with Crippen LogP contribution in [0.3, 0.4) is 0 Å².